The highest BCUT2D eigenvalue weighted by Gasteiger charge is 2.23. The van der Waals surface area contributed by atoms with Crippen LogP contribution in [0.25, 0.3) is 0 Å². The summed E-state index contributed by atoms with van der Waals surface area (Å²) in [6.07, 6.45) is 4.49. The van der Waals surface area contributed by atoms with Crippen LogP contribution < -0.4 is 5.32 Å². The molecule has 0 aromatic heterocycles. The van der Waals surface area contributed by atoms with E-state index in [0.29, 0.717) is 21.9 Å². The van der Waals surface area contributed by atoms with Crippen molar-refractivity contribution < 1.29 is 4.92 Å². The number of nitro groups is 1. The van der Waals surface area contributed by atoms with Crippen molar-refractivity contribution in [2.75, 3.05) is 11.9 Å². The van der Waals surface area contributed by atoms with Crippen LogP contribution in [0.2, 0.25) is 5.02 Å². The van der Waals surface area contributed by atoms with Gasteiger partial charge in [0.25, 0.3) is 5.69 Å². The summed E-state index contributed by atoms with van der Waals surface area (Å²) < 4.78 is 0. The topological polar surface area (TPSA) is 58.4 Å². The molecule has 1 fully saturated rings. The fraction of sp³-hybridized carbons (Fsp3) is 0.500. The summed E-state index contributed by atoms with van der Waals surface area (Å²) in [5.41, 5.74) is 0.478. The van der Waals surface area contributed by atoms with Crippen LogP contribution >= 0.6 is 23.8 Å². The first-order valence-corrected chi connectivity index (χ1v) is 7.83. The Morgan fingerprint density at radius 3 is 3.00 bits per heavy atom. The average Bonchev–Trinajstić information content (AvgIpc) is 2.49. The predicted molar refractivity (Wildman–Crippen MR) is 89.0 cm³/mol. The lowest BCUT2D eigenvalue weighted by molar-refractivity contribution is -0.384. The second kappa shape index (κ2) is 7.04. The molecule has 0 radical (unpaired) electrons. The molecule has 114 valence electrons. The van der Waals surface area contributed by atoms with E-state index in [1.54, 1.807) is 0 Å². The van der Waals surface area contributed by atoms with E-state index in [0.717, 1.165) is 25.8 Å². The molecule has 1 heterocycles. The van der Waals surface area contributed by atoms with Gasteiger partial charge >= 0.3 is 0 Å². The third-order valence-corrected chi connectivity index (χ3v) is 4.43. The van der Waals surface area contributed by atoms with Crippen LogP contribution in [0.4, 0.5) is 11.4 Å². The number of nitro benzene ring substituents is 1. The van der Waals surface area contributed by atoms with Crippen LogP contribution in [0, 0.1) is 10.1 Å². The monoisotopic (exact) mass is 327 g/mol. The average molecular weight is 328 g/mol. The lowest BCUT2D eigenvalue weighted by atomic mass is 10.0. The van der Waals surface area contributed by atoms with E-state index in [9.17, 15) is 10.1 Å². The number of thiocarbonyl (C=S) groups is 1. The largest absolute Gasteiger partial charge is 0.346 e. The normalized spacial score (nSPS) is 18.4. The maximum Gasteiger partial charge on any atom is 0.271 e. The fourth-order valence-corrected chi connectivity index (χ4v) is 3.12. The van der Waals surface area contributed by atoms with Gasteiger partial charge in [0.2, 0.25) is 0 Å². The van der Waals surface area contributed by atoms with E-state index in [2.05, 4.69) is 17.1 Å². The van der Waals surface area contributed by atoms with Crippen LogP contribution in [0.5, 0.6) is 0 Å². The summed E-state index contributed by atoms with van der Waals surface area (Å²) in [5, 5.41) is 14.9. The first-order chi connectivity index (χ1) is 10.0. The Hall–Kier alpha value is -1.40. The number of hydrogen-bond donors (Lipinski definition) is 1. The van der Waals surface area contributed by atoms with Crippen LogP contribution in [0.15, 0.2) is 18.2 Å². The molecule has 5 nitrogen and oxygen atoms in total. The molecule has 0 unspecified atom stereocenters. The number of likely N-dealkylation sites (tertiary alicyclic amines) is 1. The molecule has 1 N–H and O–H groups in total. The van der Waals surface area contributed by atoms with Crippen molar-refractivity contribution in [1.29, 1.82) is 0 Å². The van der Waals surface area contributed by atoms with E-state index in [1.165, 1.54) is 24.6 Å². The van der Waals surface area contributed by atoms with Gasteiger partial charge in [0, 0.05) is 24.7 Å². The van der Waals surface area contributed by atoms with E-state index in [-0.39, 0.29) is 5.69 Å². The maximum atomic E-state index is 10.8. The lowest BCUT2D eigenvalue weighted by Gasteiger charge is -2.37. The molecule has 21 heavy (non-hydrogen) atoms. The van der Waals surface area contributed by atoms with Gasteiger partial charge in [-0.25, -0.2) is 0 Å². The molecular weight excluding hydrogens is 310 g/mol. The van der Waals surface area contributed by atoms with Crippen molar-refractivity contribution in [3.8, 4) is 0 Å². The molecule has 1 aromatic carbocycles. The van der Waals surface area contributed by atoms with Crippen LogP contribution in [-0.4, -0.2) is 27.5 Å². The van der Waals surface area contributed by atoms with Crippen molar-refractivity contribution in [1.82, 2.24) is 4.90 Å². The molecule has 0 bridgehead atoms. The third-order valence-electron chi connectivity index (χ3n) is 3.76. The van der Waals surface area contributed by atoms with Crippen LogP contribution in [0.3, 0.4) is 0 Å². The molecule has 1 saturated heterocycles. The Kier molecular flexibility index (Phi) is 5.36. The van der Waals surface area contributed by atoms with E-state index < -0.39 is 4.92 Å². The third kappa shape index (κ3) is 3.83. The Morgan fingerprint density at radius 2 is 2.33 bits per heavy atom. The molecule has 1 aliphatic heterocycles. The summed E-state index contributed by atoms with van der Waals surface area (Å²) in [6.45, 7) is 3.06. The second-order valence-electron chi connectivity index (χ2n) is 5.10. The first-order valence-electron chi connectivity index (χ1n) is 7.04. The quantitative estimate of drug-likeness (QED) is 0.512. The standard InChI is InChI=1S/C14H18ClN3O2S/c1-2-10-5-3-4-8-17(10)14(21)16-13-9-11(18(19)20)6-7-12(13)15/h6-7,9-10H,2-5,8H2,1H3,(H,16,21)/t10-/m0/s1. The zero-order valence-electron chi connectivity index (χ0n) is 11.8. The highest BCUT2D eigenvalue weighted by atomic mass is 35.5. The molecule has 1 aliphatic rings. The van der Waals surface area contributed by atoms with Crippen LogP contribution in [0.1, 0.15) is 32.6 Å². The molecule has 2 rings (SSSR count). The number of benzene rings is 1. The Bertz CT molecular complexity index is 553. The van der Waals surface area contributed by atoms with Gasteiger partial charge in [-0.2, -0.15) is 0 Å². The number of rotatable bonds is 3. The van der Waals surface area contributed by atoms with Crippen molar-refractivity contribution in [2.24, 2.45) is 0 Å². The maximum absolute atomic E-state index is 10.8. The van der Waals surface area contributed by atoms with Crippen molar-refractivity contribution in [2.45, 2.75) is 38.6 Å². The highest BCUT2D eigenvalue weighted by molar-refractivity contribution is 7.80. The minimum atomic E-state index is -0.444. The van der Waals surface area contributed by atoms with Crippen molar-refractivity contribution in [3.63, 3.8) is 0 Å². The lowest BCUT2D eigenvalue weighted by Crippen LogP contribution is -2.45. The fourth-order valence-electron chi connectivity index (χ4n) is 2.60. The minimum Gasteiger partial charge on any atom is -0.346 e. The first kappa shape index (κ1) is 16.0. The Morgan fingerprint density at radius 1 is 1.57 bits per heavy atom. The zero-order chi connectivity index (χ0) is 15.4. The molecular formula is C14H18ClN3O2S. The summed E-state index contributed by atoms with van der Waals surface area (Å²) in [6, 6.07) is 4.74. The van der Waals surface area contributed by atoms with Crippen molar-refractivity contribution in [3.05, 3.63) is 33.3 Å². The van der Waals surface area contributed by atoms with E-state index in [4.69, 9.17) is 23.8 Å². The smallest absolute Gasteiger partial charge is 0.271 e. The SMILES string of the molecule is CC[C@H]1CCCCN1C(=S)Nc1cc([N+](=O)[O-])ccc1Cl. The summed E-state index contributed by atoms with van der Waals surface area (Å²) >= 11 is 11.5. The Labute approximate surface area is 134 Å². The minimum absolute atomic E-state index is 0.00427. The summed E-state index contributed by atoms with van der Waals surface area (Å²) in [5.74, 6) is 0. The Balaban J connectivity index is 2.15. The molecule has 0 aliphatic carbocycles. The zero-order valence-corrected chi connectivity index (χ0v) is 13.4. The van der Waals surface area contributed by atoms with E-state index >= 15 is 0 Å². The van der Waals surface area contributed by atoms with Gasteiger partial charge in [0.05, 0.1) is 15.6 Å². The van der Waals surface area contributed by atoms with E-state index in [1.807, 2.05) is 0 Å². The summed E-state index contributed by atoms with van der Waals surface area (Å²) in [7, 11) is 0. The van der Waals surface area contributed by atoms with Gasteiger partial charge in [-0.3, -0.25) is 10.1 Å². The van der Waals surface area contributed by atoms with Crippen LogP contribution in [-0.2, 0) is 0 Å². The predicted octanol–water partition coefficient (Wildman–Crippen LogP) is 4.21. The second-order valence-corrected chi connectivity index (χ2v) is 5.90. The molecule has 1 aromatic rings. The number of nitrogens with zero attached hydrogens (tertiary/aromatic N) is 2. The number of nitrogens with one attached hydrogen (secondary N) is 1. The number of halogens is 1. The van der Waals surface area contributed by atoms with Gasteiger partial charge in [0.15, 0.2) is 5.11 Å². The van der Waals surface area contributed by atoms with Gasteiger partial charge in [-0.05, 0) is 44.0 Å². The molecule has 0 saturated carbocycles. The van der Waals surface area contributed by atoms with Gasteiger partial charge in [0.1, 0.15) is 0 Å². The van der Waals surface area contributed by atoms with Crippen molar-refractivity contribution >= 4 is 40.3 Å². The number of non-ortho nitro benzene ring substituents is 1. The van der Waals surface area contributed by atoms with Gasteiger partial charge < -0.3 is 10.2 Å². The van der Waals surface area contributed by atoms with Gasteiger partial charge in [-0.15, -0.1) is 0 Å². The number of anilines is 1. The molecule has 0 amide bonds. The summed E-state index contributed by atoms with van der Waals surface area (Å²) in [4.78, 5) is 12.6. The highest BCUT2D eigenvalue weighted by Crippen LogP contribution is 2.28. The number of hydrogen-bond acceptors (Lipinski definition) is 3. The molecule has 1 atom stereocenters. The molecule has 0 spiro atoms. The molecule has 7 heteroatoms. The number of piperidine rings is 1. The van der Waals surface area contributed by atoms with Gasteiger partial charge in [-0.1, -0.05) is 18.5 Å².